The summed E-state index contributed by atoms with van der Waals surface area (Å²) in [5.41, 5.74) is 1.98. The zero-order valence-electron chi connectivity index (χ0n) is 17.0. The van der Waals surface area contributed by atoms with Crippen LogP contribution < -0.4 is 5.32 Å². The number of aromatic nitrogens is 1. The van der Waals surface area contributed by atoms with Gasteiger partial charge in [-0.05, 0) is 65.0 Å². The van der Waals surface area contributed by atoms with E-state index in [-0.39, 0.29) is 12.2 Å². The van der Waals surface area contributed by atoms with Gasteiger partial charge in [-0.2, -0.15) is 0 Å². The second kappa shape index (κ2) is 10.8. The lowest BCUT2D eigenvalue weighted by atomic mass is 10.0. The van der Waals surface area contributed by atoms with E-state index < -0.39 is 0 Å². The topological polar surface area (TPSA) is 46.6 Å². The molecule has 0 aliphatic carbocycles. The summed E-state index contributed by atoms with van der Waals surface area (Å²) in [6, 6.07) is 8.11. The first-order valence-electron chi connectivity index (χ1n) is 9.51. The van der Waals surface area contributed by atoms with Crippen LogP contribution in [-0.2, 0) is 9.47 Å². The van der Waals surface area contributed by atoms with Gasteiger partial charge in [0, 0.05) is 48.6 Å². The van der Waals surface area contributed by atoms with Crippen LogP contribution in [-0.4, -0.2) is 62.5 Å². The molecule has 0 spiro atoms. The minimum absolute atomic E-state index is 0.154. The molecule has 5 nitrogen and oxygen atoms in total. The smallest absolute Gasteiger partial charge is 0.0737 e. The van der Waals surface area contributed by atoms with Crippen LogP contribution in [0.25, 0.3) is 10.9 Å². The van der Waals surface area contributed by atoms with E-state index in [0.717, 1.165) is 36.0 Å². The lowest BCUT2D eigenvalue weighted by molar-refractivity contribution is -0.0126. The standard InChI is InChI=1S/C21H32ClN3O2/c1-15(26-5)13-21(25(3)4)16(2)27-12-6-10-23-19-9-11-24-20-14-17(22)7-8-18(19)20/h7-9,11,14-16,21H,6,10,12-13H2,1-5H3,(H,23,24)/t15?,16-,21?/m0/s1. The van der Waals surface area contributed by atoms with E-state index in [1.54, 1.807) is 13.3 Å². The minimum Gasteiger partial charge on any atom is -0.384 e. The Bertz CT molecular complexity index is 711. The maximum absolute atomic E-state index is 6.08. The number of anilines is 1. The van der Waals surface area contributed by atoms with Gasteiger partial charge < -0.3 is 19.7 Å². The van der Waals surface area contributed by atoms with Crippen LogP contribution in [0.4, 0.5) is 5.69 Å². The van der Waals surface area contributed by atoms with E-state index in [1.165, 1.54) is 0 Å². The van der Waals surface area contributed by atoms with Gasteiger partial charge in [-0.1, -0.05) is 11.6 Å². The van der Waals surface area contributed by atoms with Crippen molar-refractivity contribution in [3.63, 3.8) is 0 Å². The Labute approximate surface area is 168 Å². The molecular formula is C21H32ClN3O2. The largest absolute Gasteiger partial charge is 0.384 e. The zero-order chi connectivity index (χ0) is 19.8. The quantitative estimate of drug-likeness (QED) is 0.571. The third kappa shape index (κ3) is 6.61. The SMILES string of the molecule is COC(C)CC([C@H](C)OCCCNc1ccnc2cc(Cl)ccc12)N(C)C. The number of hydrogen-bond donors (Lipinski definition) is 1. The molecule has 2 rings (SSSR count). The molecule has 0 aliphatic rings. The number of fused-ring (bicyclic) bond motifs is 1. The van der Waals surface area contributed by atoms with Crippen molar-refractivity contribution in [1.82, 2.24) is 9.88 Å². The molecule has 27 heavy (non-hydrogen) atoms. The number of benzene rings is 1. The van der Waals surface area contributed by atoms with Gasteiger partial charge in [-0.3, -0.25) is 4.98 Å². The summed E-state index contributed by atoms with van der Waals surface area (Å²) in [5, 5.41) is 5.26. The molecule has 1 heterocycles. The normalized spacial score (nSPS) is 15.1. The molecule has 0 saturated heterocycles. The van der Waals surface area contributed by atoms with Crippen molar-refractivity contribution in [2.45, 2.75) is 44.9 Å². The van der Waals surface area contributed by atoms with Crippen molar-refractivity contribution in [3.05, 3.63) is 35.5 Å². The van der Waals surface area contributed by atoms with E-state index >= 15 is 0 Å². The predicted octanol–water partition coefficient (Wildman–Crippen LogP) is 4.45. The predicted molar refractivity (Wildman–Crippen MR) is 114 cm³/mol. The van der Waals surface area contributed by atoms with Crippen molar-refractivity contribution in [2.75, 3.05) is 39.7 Å². The van der Waals surface area contributed by atoms with Gasteiger partial charge in [-0.25, -0.2) is 0 Å². The number of hydrogen-bond acceptors (Lipinski definition) is 5. The molecule has 0 radical (unpaired) electrons. The molecule has 1 N–H and O–H groups in total. The van der Waals surface area contributed by atoms with E-state index in [0.29, 0.717) is 17.7 Å². The number of methoxy groups -OCH3 is 1. The first kappa shape index (κ1) is 21.9. The van der Waals surface area contributed by atoms with Gasteiger partial charge >= 0.3 is 0 Å². The highest BCUT2D eigenvalue weighted by atomic mass is 35.5. The maximum atomic E-state index is 6.08. The Morgan fingerprint density at radius 2 is 2.00 bits per heavy atom. The van der Waals surface area contributed by atoms with Crippen LogP contribution in [0.3, 0.4) is 0 Å². The Balaban J connectivity index is 1.80. The van der Waals surface area contributed by atoms with Gasteiger partial charge in [0.15, 0.2) is 0 Å². The van der Waals surface area contributed by atoms with Gasteiger partial charge in [-0.15, -0.1) is 0 Å². The second-order valence-corrected chi connectivity index (χ2v) is 7.63. The number of nitrogens with one attached hydrogen (secondary N) is 1. The first-order chi connectivity index (χ1) is 12.9. The first-order valence-corrected chi connectivity index (χ1v) is 9.89. The Hall–Kier alpha value is -1.40. The van der Waals surface area contributed by atoms with Gasteiger partial charge in [0.2, 0.25) is 0 Å². The van der Waals surface area contributed by atoms with Crippen LogP contribution in [0.1, 0.15) is 26.7 Å². The van der Waals surface area contributed by atoms with Crippen LogP contribution in [0.5, 0.6) is 0 Å². The lowest BCUT2D eigenvalue weighted by Crippen LogP contribution is -2.41. The number of halogens is 1. The van der Waals surface area contributed by atoms with Crippen molar-refractivity contribution >= 4 is 28.2 Å². The van der Waals surface area contributed by atoms with Gasteiger partial charge in [0.05, 0.1) is 17.7 Å². The molecule has 6 heteroatoms. The highest BCUT2D eigenvalue weighted by Crippen LogP contribution is 2.24. The third-order valence-electron chi connectivity index (χ3n) is 4.90. The molecular weight excluding hydrogens is 362 g/mol. The zero-order valence-corrected chi connectivity index (χ0v) is 17.8. The van der Waals surface area contributed by atoms with Crippen LogP contribution in [0.2, 0.25) is 5.02 Å². The minimum atomic E-state index is 0.154. The lowest BCUT2D eigenvalue weighted by Gasteiger charge is -2.31. The average Bonchev–Trinajstić information content (AvgIpc) is 2.64. The second-order valence-electron chi connectivity index (χ2n) is 7.19. The van der Waals surface area contributed by atoms with Gasteiger partial charge in [0.25, 0.3) is 0 Å². The van der Waals surface area contributed by atoms with Gasteiger partial charge in [0.1, 0.15) is 0 Å². The summed E-state index contributed by atoms with van der Waals surface area (Å²) < 4.78 is 11.5. The van der Waals surface area contributed by atoms with E-state index in [9.17, 15) is 0 Å². The van der Waals surface area contributed by atoms with Crippen molar-refractivity contribution in [3.8, 4) is 0 Å². The molecule has 1 aromatic carbocycles. The van der Waals surface area contributed by atoms with Crippen molar-refractivity contribution in [2.24, 2.45) is 0 Å². The monoisotopic (exact) mass is 393 g/mol. The highest BCUT2D eigenvalue weighted by Gasteiger charge is 2.22. The molecule has 2 aromatic rings. The number of ether oxygens (including phenoxy) is 2. The number of likely N-dealkylation sites (N-methyl/N-ethyl adjacent to an activating group) is 1. The van der Waals surface area contributed by atoms with Crippen molar-refractivity contribution < 1.29 is 9.47 Å². The molecule has 3 atom stereocenters. The van der Waals surface area contributed by atoms with E-state index in [4.69, 9.17) is 21.1 Å². The van der Waals surface area contributed by atoms with Crippen LogP contribution >= 0.6 is 11.6 Å². The molecule has 150 valence electrons. The summed E-state index contributed by atoms with van der Waals surface area (Å²) in [6.45, 7) is 5.80. The fraction of sp³-hybridized carbons (Fsp3) is 0.571. The Kier molecular flexibility index (Phi) is 8.77. The Morgan fingerprint density at radius 3 is 2.70 bits per heavy atom. The molecule has 0 fully saturated rings. The maximum Gasteiger partial charge on any atom is 0.0737 e. The summed E-state index contributed by atoms with van der Waals surface area (Å²) in [4.78, 5) is 6.59. The molecule has 0 aliphatic heterocycles. The fourth-order valence-corrected chi connectivity index (χ4v) is 3.38. The summed E-state index contributed by atoms with van der Waals surface area (Å²) in [7, 11) is 5.94. The van der Waals surface area contributed by atoms with E-state index in [2.05, 4.69) is 43.1 Å². The average molecular weight is 394 g/mol. The number of nitrogens with zero attached hydrogens (tertiary/aromatic N) is 2. The summed E-state index contributed by atoms with van der Waals surface area (Å²) >= 11 is 6.05. The summed E-state index contributed by atoms with van der Waals surface area (Å²) in [6.07, 6.45) is 4.06. The number of pyridine rings is 1. The molecule has 0 amide bonds. The number of rotatable bonds is 11. The van der Waals surface area contributed by atoms with Crippen LogP contribution in [0, 0.1) is 0 Å². The summed E-state index contributed by atoms with van der Waals surface area (Å²) in [5.74, 6) is 0. The van der Waals surface area contributed by atoms with E-state index in [1.807, 2.05) is 24.3 Å². The fourth-order valence-electron chi connectivity index (χ4n) is 3.21. The molecule has 2 unspecified atom stereocenters. The third-order valence-corrected chi connectivity index (χ3v) is 5.14. The Morgan fingerprint density at radius 1 is 1.22 bits per heavy atom. The van der Waals surface area contributed by atoms with Crippen molar-refractivity contribution in [1.29, 1.82) is 0 Å². The molecule has 0 bridgehead atoms. The highest BCUT2D eigenvalue weighted by molar-refractivity contribution is 6.31. The molecule has 0 saturated carbocycles. The molecule has 1 aromatic heterocycles. The van der Waals surface area contributed by atoms with Crippen LogP contribution in [0.15, 0.2) is 30.5 Å².